The molecule has 0 aliphatic rings. The van der Waals surface area contributed by atoms with E-state index in [2.05, 4.69) is 21.9 Å². The van der Waals surface area contributed by atoms with Crippen LogP contribution in [0.25, 0.3) is 0 Å². The first-order chi connectivity index (χ1) is 21.6. The number of ether oxygens (including phenoxy) is 1. The molecule has 2 amide bonds. The second-order valence-electron chi connectivity index (χ2n) is 11.8. The van der Waals surface area contributed by atoms with Crippen molar-refractivity contribution in [3.63, 3.8) is 0 Å². The summed E-state index contributed by atoms with van der Waals surface area (Å²) >= 11 is 6.48. The van der Waals surface area contributed by atoms with Gasteiger partial charge in [0.25, 0.3) is 0 Å². The number of carbonyl (C=O) groups is 1. The number of thiocarbonyl (C=S) groups is 1. The van der Waals surface area contributed by atoms with Crippen LogP contribution in [0.3, 0.4) is 0 Å². The summed E-state index contributed by atoms with van der Waals surface area (Å²) in [7, 11) is -3.24. The molecule has 2 N–H and O–H groups in total. The van der Waals surface area contributed by atoms with Gasteiger partial charge in [-0.1, -0.05) is 103 Å². The summed E-state index contributed by atoms with van der Waals surface area (Å²) in [6.07, 6.45) is 22.2. The summed E-state index contributed by atoms with van der Waals surface area (Å²) in [6, 6.07) is 5.66. The van der Waals surface area contributed by atoms with Crippen molar-refractivity contribution in [2.24, 2.45) is 0 Å². The van der Waals surface area contributed by atoms with Crippen molar-refractivity contribution >= 4 is 56.0 Å². The molecule has 0 unspecified atom stereocenters. The molecule has 0 atom stereocenters. The molecule has 0 fully saturated rings. The van der Waals surface area contributed by atoms with E-state index in [9.17, 15) is 13.2 Å². The molecule has 0 aromatic heterocycles. The van der Waals surface area contributed by atoms with Crippen LogP contribution in [-0.2, 0) is 14.8 Å². The first kappa shape index (κ1) is 41.5. The fourth-order valence-corrected chi connectivity index (χ4v) is 6.83. The third-order valence-electron chi connectivity index (χ3n) is 7.81. The van der Waals surface area contributed by atoms with E-state index in [-0.39, 0.29) is 6.03 Å². The molecular weight excluding hydrogens is 625 g/mol. The highest BCUT2D eigenvalue weighted by Crippen LogP contribution is 2.31. The van der Waals surface area contributed by atoms with Crippen LogP contribution < -0.4 is 19.2 Å². The minimum absolute atomic E-state index is 0.219. The largest absolute Gasteiger partial charge is 0.478 e. The van der Waals surface area contributed by atoms with Gasteiger partial charge in [-0.05, 0) is 63.2 Å². The van der Waals surface area contributed by atoms with Gasteiger partial charge in [-0.2, -0.15) is 0 Å². The van der Waals surface area contributed by atoms with E-state index in [1.54, 1.807) is 4.31 Å². The number of aryl methyl sites for hydroxylation is 1. The Bertz CT molecular complexity index is 1060. The topological polar surface area (TPSA) is 91.0 Å². The molecule has 0 bridgehead atoms. The zero-order valence-corrected chi connectivity index (χ0v) is 31.3. The van der Waals surface area contributed by atoms with E-state index in [0.717, 1.165) is 54.5 Å². The van der Waals surface area contributed by atoms with E-state index in [1.165, 1.54) is 89.9 Å². The quantitative estimate of drug-likeness (QED) is 0.0602. The van der Waals surface area contributed by atoms with Crippen molar-refractivity contribution < 1.29 is 17.9 Å². The maximum Gasteiger partial charge on any atom is 0.332 e. The molecule has 260 valence electrons. The minimum Gasteiger partial charge on any atom is -0.478 e. The van der Waals surface area contributed by atoms with Gasteiger partial charge in [-0.3, -0.25) is 0 Å². The lowest BCUT2D eigenvalue weighted by molar-refractivity contribution is 0.249. The molecule has 1 rings (SSSR count). The second-order valence-corrected chi connectivity index (χ2v) is 15.2. The Morgan fingerprint density at radius 1 is 0.844 bits per heavy atom. The zero-order valence-electron chi connectivity index (χ0n) is 28.8. The van der Waals surface area contributed by atoms with Crippen LogP contribution in [0.4, 0.5) is 16.2 Å². The summed E-state index contributed by atoms with van der Waals surface area (Å²) in [6.45, 7) is 10.8. The van der Waals surface area contributed by atoms with Gasteiger partial charge in [-0.25, -0.2) is 22.2 Å². The number of sulfonamides is 1. The number of rotatable bonds is 25. The minimum atomic E-state index is -3.24. The number of amides is 2. The van der Waals surface area contributed by atoms with Gasteiger partial charge in [0.2, 0.25) is 14.4 Å². The van der Waals surface area contributed by atoms with Crippen LogP contribution in [0, 0.1) is 6.92 Å². The maximum atomic E-state index is 13.3. The average molecular weight is 687 g/mol. The van der Waals surface area contributed by atoms with Crippen LogP contribution in [0.5, 0.6) is 0 Å². The third kappa shape index (κ3) is 20.3. The number of carbonyl (C=O) groups excluding carboxylic acids is 1. The van der Waals surface area contributed by atoms with E-state index >= 15 is 0 Å². The SMILES string of the molecule is CCCCCCCCCCCCCCCCCCNC(=O)N(SC(=S)OCC)c1ccc(N(CC)CCNS(C)(=O)=O)cc1C. The van der Waals surface area contributed by atoms with Crippen molar-refractivity contribution in [3.05, 3.63) is 23.8 Å². The molecule has 0 aliphatic heterocycles. The van der Waals surface area contributed by atoms with Crippen LogP contribution in [0.1, 0.15) is 129 Å². The number of likely N-dealkylation sites (N-methyl/N-ethyl adjacent to an activating group) is 1. The highest BCUT2D eigenvalue weighted by Gasteiger charge is 2.22. The highest BCUT2D eigenvalue weighted by atomic mass is 32.2. The molecule has 1 aromatic rings. The Morgan fingerprint density at radius 2 is 1.38 bits per heavy atom. The van der Waals surface area contributed by atoms with Gasteiger partial charge in [0, 0.05) is 43.8 Å². The van der Waals surface area contributed by atoms with E-state index in [4.69, 9.17) is 17.0 Å². The molecule has 45 heavy (non-hydrogen) atoms. The van der Waals surface area contributed by atoms with Crippen LogP contribution in [0.15, 0.2) is 18.2 Å². The fraction of sp³-hybridized carbons (Fsp3) is 0.765. The monoisotopic (exact) mass is 686 g/mol. The highest BCUT2D eigenvalue weighted by molar-refractivity contribution is 8.23. The normalized spacial score (nSPS) is 11.4. The van der Waals surface area contributed by atoms with E-state index < -0.39 is 10.0 Å². The second kappa shape index (κ2) is 25.5. The number of unbranched alkanes of at least 4 members (excludes halogenated alkanes) is 15. The van der Waals surface area contributed by atoms with Crippen molar-refractivity contribution in [1.29, 1.82) is 0 Å². The third-order valence-corrected chi connectivity index (χ3v) is 9.69. The lowest BCUT2D eigenvalue weighted by Crippen LogP contribution is -2.37. The molecule has 8 nitrogen and oxygen atoms in total. The standard InChI is InChI=1S/C34H62N4O4S3/c1-6-9-10-11-12-13-14-15-16-17-18-19-20-21-22-23-26-35-33(39)38(44-34(43)42-8-3)32-25-24-31(29-30(32)4)37(7-2)28-27-36-45(5,40)41/h24-25,29,36H,6-23,26-28H2,1-5H3,(H,35,39). The fourth-order valence-electron chi connectivity index (χ4n) is 5.26. The van der Waals surface area contributed by atoms with Gasteiger partial charge in [0.1, 0.15) is 0 Å². The van der Waals surface area contributed by atoms with Crippen molar-refractivity contribution in [2.45, 2.75) is 130 Å². The van der Waals surface area contributed by atoms with Crippen LogP contribution in [-0.4, -0.2) is 57.9 Å². The van der Waals surface area contributed by atoms with Crippen molar-refractivity contribution in [1.82, 2.24) is 10.0 Å². The Morgan fingerprint density at radius 3 is 1.84 bits per heavy atom. The smallest absolute Gasteiger partial charge is 0.332 e. The number of benzene rings is 1. The summed E-state index contributed by atoms with van der Waals surface area (Å²) < 4.78 is 32.8. The molecule has 0 heterocycles. The number of nitrogens with one attached hydrogen (secondary N) is 2. The maximum absolute atomic E-state index is 13.3. The number of hydrogen-bond donors (Lipinski definition) is 2. The number of anilines is 2. The molecule has 0 saturated heterocycles. The summed E-state index contributed by atoms with van der Waals surface area (Å²) in [5.74, 6) is 0. The first-order valence-corrected chi connectivity index (χ1v) is 20.4. The summed E-state index contributed by atoms with van der Waals surface area (Å²) in [5, 5.41) is 3.07. The van der Waals surface area contributed by atoms with Gasteiger partial charge >= 0.3 is 6.03 Å². The Labute approximate surface area is 285 Å². The molecule has 11 heteroatoms. The molecule has 1 aromatic carbocycles. The van der Waals surface area contributed by atoms with Gasteiger partial charge in [-0.15, -0.1) is 0 Å². The molecule has 0 saturated carbocycles. The Hall–Kier alpha value is -1.56. The van der Waals surface area contributed by atoms with Gasteiger partial charge in [0.05, 0.1) is 18.6 Å². The van der Waals surface area contributed by atoms with E-state index in [1.807, 2.05) is 39.0 Å². The van der Waals surface area contributed by atoms with E-state index in [0.29, 0.717) is 30.6 Å². The van der Waals surface area contributed by atoms with Gasteiger partial charge in [0.15, 0.2) is 0 Å². The number of hydrogen-bond acceptors (Lipinski definition) is 7. The lowest BCUT2D eigenvalue weighted by Gasteiger charge is -2.27. The summed E-state index contributed by atoms with van der Waals surface area (Å²) in [4.78, 5) is 15.4. The number of urea groups is 1. The Kier molecular flexibility index (Phi) is 23.5. The molecule has 0 radical (unpaired) electrons. The predicted molar refractivity (Wildman–Crippen MR) is 199 cm³/mol. The van der Waals surface area contributed by atoms with Crippen LogP contribution in [0.2, 0.25) is 0 Å². The van der Waals surface area contributed by atoms with Crippen molar-refractivity contribution in [3.8, 4) is 0 Å². The molecular formula is C34H62N4O4S3. The predicted octanol–water partition coefficient (Wildman–Crippen LogP) is 9.12. The van der Waals surface area contributed by atoms with Crippen molar-refractivity contribution in [2.75, 3.05) is 48.2 Å². The average Bonchev–Trinajstić information content (AvgIpc) is 2.99. The zero-order chi connectivity index (χ0) is 33.3. The molecule has 0 spiro atoms. The molecule has 0 aliphatic carbocycles. The summed E-state index contributed by atoms with van der Waals surface area (Å²) in [5.41, 5.74) is 2.60. The number of nitrogens with zero attached hydrogens (tertiary/aromatic N) is 2. The first-order valence-electron chi connectivity index (χ1n) is 17.4. The Balaban J connectivity index is 2.45. The van der Waals surface area contributed by atoms with Gasteiger partial charge < -0.3 is 15.0 Å². The van der Waals surface area contributed by atoms with Crippen LogP contribution >= 0.6 is 24.2 Å². The lowest BCUT2D eigenvalue weighted by atomic mass is 10.0.